The van der Waals surface area contributed by atoms with Gasteiger partial charge in [0, 0.05) is 10.6 Å². The maximum Gasteiger partial charge on any atom is 0.173 e. The highest BCUT2D eigenvalue weighted by molar-refractivity contribution is 7.99. The van der Waals surface area contributed by atoms with Crippen molar-refractivity contribution >= 4 is 17.6 Å². The molecular weight excluding hydrogens is 282 g/mol. The Balaban J connectivity index is 2.55. The van der Waals surface area contributed by atoms with E-state index in [1.165, 1.54) is 11.1 Å². The number of rotatable bonds is 3. The maximum atomic E-state index is 9.00. The number of nitrogens with zero attached hydrogens (tertiary/aromatic N) is 2. The van der Waals surface area contributed by atoms with Gasteiger partial charge in [-0.1, -0.05) is 29.1 Å². The van der Waals surface area contributed by atoms with Crippen molar-refractivity contribution in [2.75, 3.05) is 0 Å². The van der Waals surface area contributed by atoms with E-state index in [0.717, 1.165) is 21.2 Å². The first-order valence-electron chi connectivity index (χ1n) is 6.63. The lowest BCUT2D eigenvalue weighted by atomic mass is 10.1. The van der Waals surface area contributed by atoms with Gasteiger partial charge in [0.1, 0.15) is 5.03 Å². The molecule has 2 aromatic rings. The fourth-order valence-corrected chi connectivity index (χ4v) is 3.40. The van der Waals surface area contributed by atoms with Crippen molar-refractivity contribution in [2.24, 2.45) is 10.9 Å². The Morgan fingerprint density at radius 1 is 1.14 bits per heavy atom. The van der Waals surface area contributed by atoms with Gasteiger partial charge in [-0.2, -0.15) is 0 Å². The number of pyridine rings is 1. The lowest BCUT2D eigenvalue weighted by molar-refractivity contribution is 0.318. The van der Waals surface area contributed by atoms with Crippen LogP contribution in [0, 0.1) is 27.7 Å². The predicted octanol–water partition coefficient (Wildman–Crippen LogP) is 3.56. The van der Waals surface area contributed by atoms with Gasteiger partial charge in [-0.3, -0.25) is 0 Å². The van der Waals surface area contributed by atoms with Gasteiger partial charge < -0.3 is 10.9 Å². The van der Waals surface area contributed by atoms with Gasteiger partial charge in [-0.15, -0.1) is 0 Å². The standard InChI is InChI=1S/C16H19N3OS/c1-9-5-6-10(2)13(7-9)21-16-14(15(17)19-20)11(3)8-12(4)18-16/h5-8,20H,1-4H3,(H2,17,19). The highest BCUT2D eigenvalue weighted by atomic mass is 32.2. The Hall–Kier alpha value is -2.01. The highest BCUT2D eigenvalue weighted by Crippen LogP contribution is 2.33. The molecule has 2 rings (SSSR count). The fourth-order valence-electron chi connectivity index (χ4n) is 2.16. The van der Waals surface area contributed by atoms with E-state index in [1.54, 1.807) is 11.8 Å². The minimum atomic E-state index is 0.0906. The lowest BCUT2D eigenvalue weighted by Crippen LogP contribution is -2.17. The molecule has 0 amide bonds. The van der Waals surface area contributed by atoms with Crippen LogP contribution in [0.25, 0.3) is 0 Å². The SMILES string of the molecule is Cc1ccc(C)c(Sc2nc(C)cc(C)c2/C(N)=N/O)c1. The number of oxime groups is 1. The smallest absolute Gasteiger partial charge is 0.173 e. The number of hydrogen-bond donors (Lipinski definition) is 2. The number of aryl methyl sites for hydroxylation is 4. The van der Waals surface area contributed by atoms with Gasteiger partial charge in [0.05, 0.1) is 5.56 Å². The zero-order valence-electron chi connectivity index (χ0n) is 12.6. The minimum Gasteiger partial charge on any atom is -0.409 e. The van der Waals surface area contributed by atoms with Gasteiger partial charge in [0.25, 0.3) is 0 Å². The first-order valence-corrected chi connectivity index (χ1v) is 7.45. The maximum absolute atomic E-state index is 9.00. The second kappa shape index (κ2) is 6.18. The fraction of sp³-hybridized carbons (Fsp3) is 0.250. The van der Waals surface area contributed by atoms with Crippen LogP contribution in [-0.4, -0.2) is 16.0 Å². The van der Waals surface area contributed by atoms with Gasteiger partial charge in [-0.05, 0) is 56.5 Å². The molecule has 0 saturated carbocycles. The molecule has 0 bridgehead atoms. The van der Waals surface area contributed by atoms with Gasteiger partial charge in [0.2, 0.25) is 0 Å². The quantitative estimate of drug-likeness (QED) is 0.393. The Morgan fingerprint density at radius 3 is 2.52 bits per heavy atom. The van der Waals surface area contributed by atoms with Crippen molar-refractivity contribution in [3.05, 3.63) is 52.2 Å². The minimum absolute atomic E-state index is 0.0906. The van der Waals surface area contributed by atoms with E-state index < -0.39 is 0 Å². The van der Waals surface area contributed by atoms with Crippen molar-refractivity contribution in [3.63, 3.8) is 0 Å². The number of nitrogens with two attached hydrogens (primary N) is 1. The summed E-state index contributed by atoms with van der Waals surface area (Å²) in [4.78, 5) is 5.68. The summed E-state index contributed by atoms with van der Waals surface area (Å²) in [6.07, 6.45) is 0. The topological polar surface area (TPSA) is 71.5 Å². The first kappa shape index (κ1) is 15.4. The van der Waals surface area contributed by atoms with E-state index in [9.17, 15) is 0 Å². The molecule has 0 unspecified atom stereocenters. The normalized spacial score (nSPS) is 11.7. The van der Waals surface area contributed by atoms with Crippen LogP contribution in [0.4, 0.5) is 0 Å². The number of benzene rings is 1. The van der Waals surface area contributed by atoms with Crippen LogP contribution < -0.4 is 5.73 Å². The highest BCUT2D eigenvalue weighted by Gasteiger charge is 2.15. The molecule has 3 N–H and O–H groups in total. The molecule has 1 aromatic carbocycles. The molecule has 21 heavy (non-hydrogen) atoms. The number of aromatic nitrogens is 1. The molecule has 110 valence electrons. The Bertz CT molecular complexity index is 711. The Labute approximate surface area is 129 Å². The Kier molecular flexibility index (Phi) is 4.53. The third-order valence-electron chi connectivity index (χ3n) is 3.23. The van der Waals surface area contributed by atoms with Crippen LogP contribution >= 0.6 is 11.8 Å². The van der Waals surface area contributed by atoms with E-state index in [-0.39, 0.29) is 5.84 Å². The van der Waals surface area contributed by atoms with Crippen molar-refractivity contribution in [2.45, 2.75) is 37.6 Å². The number of hydrogen-bond acceptors (Lipinski definition) is 4. The molecule has 0 aliphatic carbocycles. The van der Waals surface area contributed by atoms with Crippen LogP contribution in [0.1, 0.15) is 27.9 Å². The second-order valence-electron chi connectivity index (χ2n) is 5.12. The summed E-state index contributed by atoms with van der Waals surface area (Å²) in [6, 6.07) is 8.22. The monoisotopic (exact) mass is 301 g/mol. The van der Waals surface area contributed by atoms with Crippen molar-refractivity contribution in [1.29, 1.82) is 0 Å². The summed E-state index contributed by atoms with van der Waals surface area (Å²) in [6.45, 7) is 8.00. The van der Waals surface area contributed by atoms with Gasteiger partial charge in [-0.25, -0.2) is 4.98 Å². The second-order valence-corrected chi connectivity index (χ2v) is 6.15. The summed E-state index contributed by atoms with van der Waals surface area (Å²) in [5.41, 5.74) is 10.7. The van der Waals surface area contributed by atoms with Crippen LogP contribution in [0.2, 0.25) is 0 Å². The molecule has 4 nitrogen and oxygen atoms in total. The molecule has 1 aromatic heterocycles. The molecule has 0 aliphatic heterocycles. The van der Waals surface area contributed by atoms with Gasteiger partial charge in [0.15, 0.2) is 5.84 Å². The molecule has 0 atom stereocenters. The van der Waals surface area contributed by atoms with Crippen LogP contribution in [0.15, 0.2) is 39.3 Å². The predicted molar refractivity (Wildman–Crippen MR) is 86.3 cm³/mol. The van der Waals surface area contributed by atoms with E-state index in [1.807, 2.05) is 19.9 Å². The average Bonchev–Trinajstić information content (AvgIpc) is 2.41. The van der Waals surface area contributed by atoms with Crippen LogP contribution in [0.5, 0.6) is 0 Å². The number of amidine groups is 1. The van der Waals surface area contributed by atoms with Gasteiger partial charge >= 0.3 is 0 Å². The molecule has 0 fully saturated rings. The van der Waals surface area contributed by atoms with Crippen molar-refractivity contribution < 1.29 is 5.21 Å². The summed E-state index contributed by atoms with van der Waals surface area (Å²) < 4.78 is 0. The van der Waals surface area contributed by atoms with E-state index in [4.69, 9.17) is 10.9 Å². The largest absolute Gasteiger partial charge is 0.409 e. The molecule has 5 heteroatoms. The van der Waals surface area contributed by atoms with Crippen molar-refractivity contribution in [3.8, 4) is 0 Å². The zero-order valence-corrected chi connectivity index (χ0v) is 13.5. The summed E-state index contributed by atoms with van der Waals surface area (Å²) in [7, 11) is 0. The van der Waals surface area contributed by atoms with E-state index >= 15 is 0 Å². The lowest BCUT2D eigenvalue weighted by Gasteiger charge is -2.13. The molecule has 0 aliphatic rings. The molecule has 1 heterocycles. The molecule has 0 saturated heterocycles. The van der Waals surface area contributed by atoms with E-state index in [0.29, 0.717) is 5.56 Å². The summed E-state index contributed by atoms with van der Waals surface area (Å²) in [5.74, 6) is 0.0906. The van der Waals surface area contributed by atoms with Crippen molar-refractivity contribution in [1.82, 2.24) is 4.98 Å². The van der Waals surface area contributed by atoms with Crippen LogP contribution in [-0.2, 0) is 0 Å². The third-order valence-corrected chi connectivity index (χ3v) is 4.37. The summed E-state index contributed by atoms with van der Waals surface area (Å²) in [5, 5.41) is 12.9. The van der Waals surface area contributed by atoms with E-state index in [2.05, 4.69) is 42.2 Å². The third kappa shape index (κ3) is 3.36. The Morgan fingerprint density at radius 2 is 1.86 bits per heavy atom. The molecular formula is C16H19N3OS. The molecule has 0 spiro atoms. The van der Waals surface area contributed by atoms with Crippen LogP contribution in [0.3, 0.4) is 0 Å². The zero-order chi connectivity index (χ0) is 15.6. The first-order chi connectivity index (χ1) is 9.92. The summed E-state index contributed by atoms with van der Waals surface area (Å²) >= 11 is 1.54. The average molecular weight is 301 g/mol. The molecule has 0 radical (unpaired) electrons.